The molecule has 51 valence electrons. The zero-order valence-electron chi connectivity index (χ0n) is 4.22. The quantitative estimate of drug-likeness (QED) is 0.432. The van der Waals surface area contributed by atoms with Gasteiger partial charge in [-0.1, -0.05) is 0 Å². The molecule has 0 unspecified atom stereocenters. The maximum atomic E-state index is 10.0. The average molecular weight is 220 g/mol. The summed E-state index contributed by atoms with van der Waals surface area (Å²) in [5, 5.41) is 0.714. The molecule has 0 saturated carbocycles. The van der Waals surface area contributed by atoms with Crippen molar-refractivity contribution in [3.05, 3.63) is 0 Å². The summed E-state index contributed by atoms with van der Waals surface area (Å²) in [6.07, 6.45) is 0. The Morgan fingerprint density at radius 1 is 1.50 bits per heavy atom. The topological polar surface area (TPSA) is 65.6 Å². The molecule has 0 rings (SSSR count). The summed E-state index contributed by atoms with van der Waals surface area (Å²) in [7, 11) is 1.65. The Morgan fingerprint density at radius 2 is 1.88 bits per heavy atom. The molecule has 6 heteroatoms. The van der Waals surface area contributed by atoms with Crippen LogP contribution in [0.4, 0.5) is 0 Å². The van der Waals surface area contributed by atoms with Crippen LogP contribution in [0.3, 0.4) is 0 Å². The van der Waals surface area contributed by atoms with Gasteiger partial charge < -0.3 is 5.48 Å². The van der Waals surface area contributed by atoms with E-state index in [-0.39, 0.29) is 11.2 Å². The third kappa shape index (κ3) is 9.89. The second kappa shape index (κ2) is 4.61. The summed E-state index contributed by atoms with van der Waals surface area (Å²) >= 11 is 0.992. The van der Waals surface area contributed by atoms with Crippen molar-refractivity contribution in [3.63, 3.8) is 0 Å². The van der Waals surface area contributed by atoms with Gasteiger partial charge in [0, 0.05) is 0 Å². The van der Waals surface area contributed by atoms with Crippen molar-refractivity contribution in [3.8, 4) is 0 Å². The molecule has 0 fully saturated rings. The standard InChI is InChI=1S/C2H6ClGeO2S.H2O/c3-7(5,6)2-1-4;/h1-2,4H2;1H2. The molecule has 0 heterocycles. The minimum atomic E-state index is -3.17. The Kier molecular flexibility index (Phi) is 6.64. The summed E-state index contributed by atoms with van der Waals surface area (Å²) < 4.78 is 20.0. The summed E-state index contributed by atoms with van der Waals surface area (Å²) in [4.78, 5) is 0. The molecule has 0 amide bonds. The van der Waals surface area contributed by atoms with Crippen LogP contribution < -0.4 is 0 Å². The van der Waals surface area contributed by atoms with Gasteiger partial charge in [0.15, 0.2) is 0 Å². The van der Waals surface area contributed by atoms with E-state index in [1.807, 2.05) is 0 Å². The van der Waals surface area contributed by atoms with E-state index in [0.29, 0.717) is 5.25 Å². The number of halogens is 1. The first kappa shape index (κ1) is 11.5. The zero-order valence-corrected chi connectivity index (χ0v) is 8.76. The molecular formula is C2H8ClGeO3S. The second-order valence-electron chi connectivity index (χ2n) is 1.10. The van der Waals surface area contributed by atoms with Crippen molar-refractivity contribution in [2.24, 2.45) is 0 Å². The molecule has 0 saturated heterocycles. The Hall–Kier alpha value is 0.743. The molecule has 0 aliphatic rings. The monoisotopic (exact) mass is 221 g/mol. The molecule has 0 aliphatic carbocycles. The van der Waals surface area contributed by atoms with E-state index in [0.717, 1.165) is 16.5 Å². The number of hydrogen-bond acceptors (Lipinski definition) is 2. The van der Waals surface area contributed by atoms with Crippen LogP contribution >= 0.6 is 10.7 Å². The predicted octanol–water partition coefficient (Wildman–Crippen LogP) is -1.22. The predicted molar refractivity (Wildman–Crippen MR) is 36.6 cm³/mol. The van der Waals surface area contributed by atoms with E-state index in [9.17, 15) is 8.42 Å². The molecule has 0 aromatic heterocycles. The fourth-order valence-corrected chi connectivity index (χ4v) is 4.39. The van der Waals surface area contributed by atoms with E-state index in [1.165, 1.54) is 0 Å². The van der Waals surface area contributed by atoms with Crippen LogP contribution in [0, 0.1) is 0 Å². The van der Waals surface area contributed by atoms with Crippen molar-refractivity contribution in [1.82, 2.24) is 0 Å². The van der Waals surface area contributed by atoms with Crippen LogP contribution in [-0.2, 0) is 9.05 Å². The van der Waals surface area contributed by atoms with Gasteiger partial charge in [-0.15, -0.1) is 0 Å². The van der Waals surface area contributed by atoms with Gasteiger partial charge in [-0.3, -0.25) is 0 Å². The fraction of sp³-hybridized carbons (Fsp3) is 1.00. The molecule has 0 bridgehead atoms. The van der Waals surface area contributed by atoms with Gasteiger partial charge in [-0.25, -0.2) is 0 Å². The van der Waals surface area contributed by atoms with Crippen molar-refractivity contribution >= 4 is 36.2 Å². The molecular weight excluding hydrogens is 212 g/mol. The average Bonchev–Trinajstić information content (AvgIpc) is 1.30. The van der Waals surface area contributed by atoms with Gasteiger partial charge >= 0.3 is 55.7 Å². The first-order chi connectivity index (χ1) is 3.06. The van der Waals surface area contributed by atoms with Crippen molar-refractivity contribution in [1.29, 1.82) is 0 Å². The normalized spacial score (nSPS) is 10.2. The first-order valence-corrected chi connectivity index (χ1v) is 6.35. The van der Waals surface area contributed by atoms with Crippen molar-refractivity contribution in [2.75, 3.05) is 5.75 Å². The Balaban J connectivity index is 0. The van der Waals surface area contributed by atoms with Crippen LogP contribution in [0.25, 0.3) is 0 Å². The molecule has 0 aromatic rings. The summed E-state index contributed by atoms with van der Waals surface area (Å²) in [6, 6.07) is 0. The van der Waals surface area contributed by atoms with E-state index >= 15 is 0 Å². The molecule has 0 atom stereocenters. The van der Waals surface area contributed by atoms with Crippen LogP contribution in [0.1, 0.15) is 0 Å². The summed E-state index contributed by atoms with van der Waals surface area (Å²) in [5.41, 5.74) is 0. The fourth-order valence-electron chi connectivity index (χ4n) is 0.172. The summed E-state index contributed by atoms with van der Waals surface area (Å²) in [5.74, 6) is 0.133. The molecule has 0 aromatic carbocycles. The molecule has 1 radical (unpaired) electrons. The van der Waals surface area contributed by atoms with E-state index in [2.05, 4.69) is 0 Å². The number of rotatable bonds is 2. The zero-order chi connectivity index (χ0) is 5.91. The molecule has 8 heavy (non-hydrogen) atoms. The summed E-state index contributed by atoms with van der Waals surface area (Å²) in [6.45, 7) is 0. The van der Waals surface area contributed by atoms with Gasteiger partial charge in [0.25, 0.3) is 0 Å². The van der Waals surface area contributed by atoms with Crippen LogP contribution in [0.2, 0.25) is 5.25 Å². The SMILES string of the molecule is O.O=S(=O)(Cl)C[CH2][GeH2]. The van der Waals surface area contributed by atoms with Crippen LogP contribution in [0.5, 0.6) is 0 Å². The second-order valence-corrected chi connectivity index (χ2v) is 5.48. The van der Waals surface area contributed by atoms with Crippen molar-refractivity contribution in [2.45, 2.75) is 5.25 Å². The van der Waals surface area contributed by atoms with Crippen molar-refractivity contribution < 1.29 is 13.9 Å². The van der Waals surface area contributed by atoms with Gasteiger partial charge in [-0.2, -0.15) is 0 Å². The van der Waals surface area contributed by atoms with E-state index in [1.54, 1.807) is 0 Å². The Bertz CT molecular complexity index is 130. The van der Waals surface area contributed by atoms with Gasteiger partial charge in [0.05, 0.1) is 0 Å². The van der Waals surface area contributed by atoms with Gasteiger partial charge in [-0.05, 0) is 0 Å². The maximum absolute atomic E-state index is 10.0. The van der Waals surface area contributed by atoms with E-state index in [4.69, 9.17) is 10.7 Å². The minimum absolute atomic E-state index is 0. The van der Waals surface area contributed by atoms with Crippen LogP contribution in [0.15, 0.2) is 0 Å². The third-order valence-corrected chi connectivity index (χ3v) is 3.44. The molecule has 0 aliphatic heterocycles. The Morgan fingerprint density at radius 3 is 1.88 bits per heavy atom. The molecule has 0 spiro atoms. The van der Waals surface area contributed by atoms with Gasteiger partial charge in [0.2, 0.25) is 0 Å². The van der Waals surface area contributed by atoms with E-state index < -0.39 is 9.05 Å². The van der Waals surface area contributed by atoms with Gasteiger partial charge in [0.1, 0.15) is 0 Å². The molecule has 2 N–H and O–H groups in total. The number of hydrogen-bond donors (Lipinski definition) is 0. The first-order valence-electron chi connectivity index (χ1n) is 1.78. The Labute approximate surface area is 61.4 Å². The molecule has 3 nitrogen and oxygen atoms in total. The van der Waals surface area contributed by atoms with Crippen LogP contribution in [-0.4, -0.2) is 36.2 Å². The third-order valence-electron chi connectivity index (χ3n) is 0.388.